The summed E-state index contributed by atoms with van der Waals surface area (Å²) in [5.41, 5.74) is 0. The summed E-state index contributed by atoms with van der Waals surface area (Å²) in [6.07, 6.45) is -6.28. The van der Waals surface area contributed by atoms with Crippen LogP contribution in [0.5, 0.6) is 0 Å². The maximum absolute atomic E-state index is 12.6. The fourth-order valence-electron chi connectivity index (χ4n) is 1.02. The Balaban J connectivity index is 3.04. The Hall–Kier alpha value is -2.52. The first-order valence-electron chi connectivity index (χ1n) is 4.97. The number of alkyl carbamates (subject to hydrolysis) is 1. The highest BCUT2D eigenvalue weighted by atomic mass is 19.4. The van der Waals surface area contributed by atoms with Gasteiger partial charge in [-0.3, -0.25) is 5.32 Å². The maximum atomic E-state index is 12.6. The average Bonchev–Trinajstić information content (AvgIpc) is 2.84. The number of carbonyl (C=O) groups excluding carboxylic acids is 2. The number of furan rings is 1. The molecule has 0 aliphatic rings. The van der Waals surface area contributed by atoms with Crippen LogP contribution in [0.1, 0.15) is 10.6 Å². The van der Waals surface area contributed by atoms with Crippen LogP contribution in [0.3, 0.4) is 0 Å². The van der Waals surface area contributed by atoms with Crippen LogP contribution < -0.4 is 5.32 Å². The van der Waals surface area contributed by atoms with Gasteiger partial charge in [-0.2, -0.15) is 18.2 Å². The van der Waals surface area contributed by atoms with Crippen molar-refractivity contribution in [1.29, 1.82) is 0 Å². The molecule has 1 rings (SSSR count). The number of hydrogen-bond donors (Lipinski definition) is 1. The lowest BCUT2D eigenvalue weighted by molar-refractivity contribution is -0.0616. The third-order valence-electron chi connectivity index (χ3n) is 1.87. The monoisotopic (exact) mass is 294 g/mol. The second kappa shape index (κ2) is 6.08. The molecule has 0 bridgehead atoms. The van der Waals surface area contributed by atoms with E-state index in [0.717, 1.165) is 26.4 Å². The number of aliphatic imine (C=N–C) groups is 1. The molecule has 1 aromatic rings. The SMILES string of the molecule is COC(=O)N/C(=N/c1ccc(C(=O)OC)o1)C(F)(F)F. The lowest BCUT2D eigenvalue weighted by Gasteiger charge is -2.09. The number of nitrogens with zero attached hydrogens (tertiary/aromatic N) is 1. The van der Waals surface area contributed by atoms with Gasteiger partial charge in [-0.15, -0.1) is 0 Å². The van der Waals surface area contributed by atoms with Crippen LogP contribution in [0.4, 0.5) is 23.8 Å². The Bertz CT molecular complexity index is 535. The first-order chi connectivity index (χ1) is 9.27. The van der Waals surface area contributed by atoms with Gasteiger partial charge in [0.05, 0.1) is 14.2 Å². The van der Waals surface area contributed by atoms with Gasteiger partial charge >= 0.3 is 18.2 Å². The third kappa shape index (κ3) is 4.00. The standard InChI is InChI=1S/C10H9F3N2O5/c1-18-7(16)5-3-4-6(20-5)14-8(10(11,12)13)15-9(17)19-2/h3-4H,1-2H3,(H,14,15,17). The number of rotatable bonds is 2. The molecule has 10 heteroatoms. The second-order valence-electron chi connectivity index (χ2n) is 3.20. The zero-order chi connectivity index (χ0) is 15.3. The number of amides is 1. The average molecular weight is 294 g/mol. The highest BCUT2D eigenvalue weighted by Crippen LogP contribution is 2.22. The van der Waals surface area contributed by atoms with Crippen molar-refractivity contribution >= 4 is 23.8 Å². The Morgan fingerprint density at radius 3 is 2.40 bits per heavy atom. The topological polar surface area (TPSA) is 90.1 Å². The van der Waals surface area contributed by atoms with Crippen LogP contribution in [-0.2, 0) is 9.47 Å². The van der Waals surface area contributed by atoms with E-state index in [-0.39, 0.29) is 5.76 Å². The molecule has 0 saturated carbocycles. The minimum absolute atomic E-state index is 0.328. The molecule has 0 atom stereocenters. The molecule has 1 N–H and O–H groups in total. The van der Waals surface area contributed by atoms with Gasteiger partial charge in [0.25, 0.3) is 0 Å². The number of ether oxygens (including phenoxy) is 2. The summed E-state index contributed by atoms with van der Waals surface area (Å²) in [5.74, 6) is -3.38. The summed E-state index contributed by atoms with van der Waals surface area (Å²) in [7, 11) is 1.97. The Kier molecular flexibility index (Phi) is 4.73. The molecule has 1 aromatic heterocycles. The number of carbonyl (C=O) groups is 2. The van der Waals surface area contributed by atoms with Crippen LogP contribution in [-0.4, -0.2) is 38.3 Å². The molecule has 0 spiro atoms. The van der Waals surface area contributed by atoms with Gasteiger partial charge in [0, 0.05) is 6.07 Å². The number of amidine groups is 1. The molecule has 0 saturated heterocycles. The minimum atomic E-state index is -4.94. The van der Waals surface area contributed by atoms with E-state index in [1.54, 1.807) is 0 Å². The highest BCUT2D eigenvalue weighted by Gasteiger charge is 2.38. The van der Waals surface area contributed by atoms with Crippen molar-refractivity contribution < 1.29 is 36.7 Å². The van der Waals surface area contributed by atoms with E-state index in [4.69, 9.17) is 4.42 Å². The highest BCUT2D eigenvalue weighted by molar-refractivity contribution is 5.99. The minimum Gasteiger partial charge on any atom is -0.463 e. The van der Waals surface area contributed by atoms with Gasteiger partial charge < -0.3 is 13.9 Å². The van der Waals surface area contributed by atoms with Gasteiger partial charge in [-0.1, -0.05) is 0 Å². The first-order valence-corrected chi connectivity index (χ1v) is 4.97. The second-order valence-corrected chi connectivity index (χ2v) is 3.20. The number of hydrogen-bond acceptors (Lipinski definition) is 6. The van der Waals surface area contributed by atoms with Crippen molar-refractivity contribution in [2.75, 3.05) is 14.2 Å². The molecule has 0 fully saturated rings. The largest absolute Gasteiger partial charge is 0.463 e. The van der Waals surface area contributed by atoms with E-state index in [1.807, 2.05) is 0 Å². The van der Waals surface area contributed by atoms with Gasteiger partial charge in [0.1, 0.15) is 0 Å². The van der Waals surface area contributed by atoms with Crippen molar-refractivity contribution in [1.82, 2.24) is 5.32 Å². The lowest BCUT2D eigenvalue weighted by Crippen LogP contribution is -2.40. The number of methoxy groups -OCH3 is 2. The van der Waals surface area contributed by atoms with E-state index >= 15 is 0 Å². The van der Waals surface area contributed by atoms with E-state index < -0.39 is 30.0 Å². The van der Waals surface area contributed by atoms with Gasteiger partial charge in [-0.05, 0) is 6.07 Å². The number of halogens is 3. The van der Waals surface area contributed by atoms with E-state index in [9.17, 15) is 22.8 Å². The van der Waals surface area contributed by atoms with Crippen LogP contribution in [0.15, 0.2) is 21.5 Å². The Morgan fingerprint density at radius 1 is 1.25 bits per heavy atom. The molecule has 110 valence electrons. The van der Waals surface area contributed by atoms with Gasteiger partial charge in [-0.25, -0.2) is 9.59 Å². The summed E-state index contributed by atoms with van der Waals surface area (Å²) >= 11 is 0. The van der Waals surface area contributed by atoms with Crippen LogP contribution in [0.25, 0.3) is 0 Å². The predicted molar refractivity (Wildman–Crippen MR) is 58.7 cm³/mol. The summed E-state index contributed by atoms with van der Waals surface area (Å²) in [6.45, 7) is 0. The summed E-state index contributed by atoms with van der Waals surface area (Å²) < 4.78 is 50.9. The van der Waals surface area contributed by atoms with E-state index in [2.05, 4.69) is 14.5 Å². The van der Waals surface area contributed by atoms with Crippen molar-refractivity contribution in [3.63, 3.8) is 0 Å². The van der Waals surface area contributed by atoms with Gasteiger partial charge in [0.15, 0.2) is 0 Å². The number of alkyl halides is 3. The summed E-state index contributed by atoms with van der Waals surface area (Å²) in [6, 6.07) is 2.09. The molecule has 0 radical (unpaired) electrons. The smallest absolute Gasteiger partial charge is 0.449 e. The third-order valence-corrected chi connectivity index (χ3v) is 1.87. The summed E-state index contributed by atoms with van der Waals surface area (Å²) in [4.78, 5) is 24.9. The molecule has 1 heterocycles. The number of esters is 1. The number of nitrogens with one attached hydrogen (secondary N) is 1. The zero-order valence-corrected chi connectivity index (χ0v) is 10.3. The molecule has 0 aliphatic carbocycles. The molecule has 0 aromatic carbocycles. The predicted octanol–water partition coefficient (Wildman–Crippen LogP) is 2.01. The fourth-order valence-corrected chi connectivity index (χ4v) is 1.02. The first kappa shape index (κ1) is 15.5. The molecular formula is C10H9F3N2O5. The van der Waals surface area contributed by atoms with Crippen molar-refractivity contribution in [3.8, 4) is 0 Å². The summed E-state index contributed by atoms with van der Waals surface area (Å²) in [5, 5.41) is 1.40. The molecule has 7 nitrogen and oxygen atoms in total. The maximum Gasteiger partial charge on any atom is 0.449 e. The zero-order valence-electron chi connectivity index (χ0n) is 10.3. The van der Waals surface area contributed by atoms with Crippen LogP contribution >= 0.6 is 0 Å². The fraction of sp³-hybridized carbons (Fsp3) is 0.300. The Labute approximate surface area is 110 Å². The molecular weight excluding hydrogens is 285 g/mol. The normalized spacial score (nSPS) is 11.9. The van der Waals surface area contributed by atoms with Crippen molar-refractivity contribution in [2.24, 2.45) is 4.99 Å². The molecule has 1 amide bonds. The van der Waals surface area contributed by atoms with E-state index in [0.29, 0.717) is 0 Å². The quantitative estimate of drug-likeness (QED) is 0.512. The molecule has 20 heavy (non-hydrogen) atoms. The lowest BCUT2D eigenvalue weighted by atomic mass is 10.4. The van der Waals surface area contributed by atoms with Gasteiger partial charge in [0.2, 0.25) is 17.5 Å². The van der Waals surface area contributed by atoms with E-state index in [1.165, 1.54) is 5.32 Å². The van der Waals surface area contributed by atoms with Crippen LogP contribution in [0.2, 0.25) is 0 Å². The Morgan fingerprint density at radius 2 is 1.90 bits per heavy atom. The molecule has 0 aliphatic heterocycles. The molecule has 0 unspecified atom stereocenters. The van der Waals surface area contributed by atoms with Crippen molar-refractivity contribution in [3.05, 3.63) is 17.9 Å². The van der Waals surface area contributed by atoms with Crippen molar-refractivity contribution in [2.45, 2.75) is 6.18 Å². The van der Waals surface area contributed by atoms with Crippen LogP contribution in [0, 0.1) is 0 Å².